The maximum absolute atomic E-state index is 10.5. The van der Waals surface area contributed by atoms with Crippen LogP contribution < -0.4 is 0 Å². The molecule has 1 aliphatic carbocycles. The zero-order chi connectivity index (χ0) is 18.1. The summed E-state index contributed by atoms with van der Waals surface area (Å²) >= 11 is 0. The van der Waals surface area contributed by atoms with Crippen LogP contribution in [-0.2, 0) is 14.6 Å². The first-order valence-electron chi connectivity index (χ1n) is 10.3. The van der Waals surface area contributed by atoms with E-state index in [0.29, 0.717) is 18.3 Å². The van der Waals surface area contributed by atoms with Crippen LogP contribution in [0.2, 0.25) is 0 Å². The van der Waals surface area contributed by atoms with Gasteiger partial charge in [0.25, 0.3) is 0 Å². The highest BCUT2D eigenvalue weighted by Gasteiger charge is 2.49. The Morgan fingerprint density at radius 2 is 1.68 bits per heavy atom. The van der Waals surface area contributed by atoms with Gasteiger partial charge in [-0.2, -0.15) is 0 Å². The van der Waals surface area contributed by atoms with Gasteiger partial charge in [-0.25, -0.2) is 9.78 Å². The minimum atomic E-state index is -0.681. The van der Waals surface area contributed by atoms with Crippen molar-refractivity contribution in [1.29, 1.82) is 0 Å². The molecule has 0 radical (unpaired) electrons. The molecule has 1 saturated heterocycles. The number of fused-ring (bicyclic) bond motifs is 2. The smallest absolute Gasteiger partial charge is 0.303 e. The summed E-state index contributed by atoms with van der Waals surface area (Å²) in [5, 5.41) is 8.68. The minimum absolute atomic E-state index is 0.279. The van der Waals surface area contributed by atoms with Gasteiger partial charge in [0.15, 0.2) is 0 Å². The molecule has 1 saturated carbocycles. The molecule has 0 amide bonds. The Kier molecular flexibility index (Phi) is 8.97. The number of allylic oxidation sites excluding steroid dienone is 2. The van der Waals surface area contributed by atoms with E-state index in [1.54, 1.807) is 0 Å². The number of carboxylic acids is 1. The van der Waals surface area contributed by atoms with Crippen LogP contribution in [0.4, 0.5) is 0 Å². The van der Waals surface area contributed by atoms with Crippen molar-refractivity contribution in [3.05, 3.63) is 11.6 Å². The first kappa shape index (κ1) is 20.4. The number of hydrogen-bond acceptors (Lipinski definition) is 3. The number of carbonyl (C=O) groups is 1. The molecular weight excluding hydrogens is 316 g/mol. The number of unbranched alkanes of at least 4 members (excludes halogenated alkanes) is 5. The summed E-state index contributed by atoms with van der Waals surface area (Å²) in [6.45, 7) is 4.51. The van der Waals surface area contributed by atoms with Gasteiger partial charge in [-0.1, -0.05) is 50.7 Å². The van der Waals surface area contributed by atoms with Gasteiger partial charge in [0.2, 0.25) is 0 Å². The molecule has 2 fully saturated rings. The standard InChI is InChI=1S/C21H36O4/c1-3-4-7-10-16(2)13-14-18-17(19-15-20(18)25-24-19)11-8-5-6-9-12-21(22)23/h13,17-20H,3-12,14-15H2,1-2H3,(H,22,23)/t17-,18-,19-,20-/m1/s1. The van der Waals surface area contributed by atoms with Crippen molar-refractivity contribution in [2.24, 2.45) is 11.8 Å². The van der Waals surface area contributed by atoms with E-state index < -0.39 is 5.97 Å². The van der Waals surface area contributed by atoms with Gasteiger partial charge in [-0.15, -0.1) is 0 Å². The summed E-state index contributed by atoms with van der Waals surface area (Å²) in [6.07, 6.45) is 15.9. The first-order chi connectivity index (χ1) is 12.1. The van der Waals surface area contributed by atoms with Crippen LogP contribution >= 0.6 is 0 Å². The highest BCUT2D eigenvalue weighted by molar-refractivity contribution is 5.66. The van der Waals surface area contributed by atoms with E-state index in [1.165, 1.54) is 44.1 Å². The van der Waals surface area contributed by atoms with Gasteiger partial charge in [-0.3, -0.25) is 4.79 Å². The van der Waals surface area contributed by atoms with Crippen LogP contribution in [0.15, 0.2) is 11.6 Å². The lowest BCUT2D eigenvalue weighted by atomic mass is 9.85. The summed E-state index contributed by atoms with van der Waals surface area (Å²) in [5.41, 5.74) is 1.52. The van der Waals surface area contributed by atoms with E-state index in [9.17, 15) is 4.79 Å². The maximum Gasteiger partial charge on any atom is 0.303 e. The van der Waals surface area contributed by atoms with Crippen molar-refractivity contribution in [1.82, 2.24) is 0 Å². The Morgan fingerprint density at radius 3 is 2.40 bits per heavy atom. The largest absolute Gasteiger partial charge is 0.481 e. The molecule has 0 aromatic heterocycles. The first-order valence-corrected chi connectivity index (χ1v) is 10.3. The van der Waals surface area contributed by atoms with Gasteiger partial charge in [-0.05, 0) is 50.9 Å². The topological polar surface area (TPSA) is 55.8 Å². The van der Waals surface area contributed by atoms with E-state index in [4.69, 9.17) is 14.9 Å². The van der Waals surface area contributed by atoms with Crippen LogP contribution in [0.1, 0.15) is 90.9 Å². The number of hydrogen-bond donors (Lipinski definition) is 1. The average molecular weight is 353 g/mol. The Bertz CT molecular complexity index is 432. The third-order valence-electron chi connectivity index (χ3n) is 5.86. The Balaban J connectivity index is 1.71. The highest BCUT2D eigenvalue weighted by atomic mass is 17.2. The fraction of sp³-hybridized carbons (Fsp3) is 0.857. The van der Waals surface area contributed by atoms with Crippen LogP contribution in [0.3, 0.4) is 0 Å². The molecule has 2 aliphatic rings. The normalized spacial score (nSPS) is 28.6. The molecule has 4 atom stereocenters. The summed E-state index contributed by atoms with van der Waals surface area (Å²) in [6, 6.07) is 0. The lowest BCUT2D eigenvalue weighted by molar-refractivity contribution is -0.341. The van der Waals surface area contributed by atoms with E-state index in [2.05, 4.69) is 19.9 Å². The monoisotopic (exact) mass is 352 g/mol. The fourth-order valence-corrected chi connectivity index (χ4v) is 4.32. The van der Waals surface area contributed by atoms with Gasteiger partial charge in [0, 0.05) is 12.8 Å². The molecule has 0 aromatic rings. The van der Waals surface area contributed by atoms with Crippen molar-refractivity contribution in [3.8, 4) is 0 Å². The molecular formula is C21H36O4. The third kappa shape index (κ3) is 6.74. The third-order valence-corrected chi connectivity index (χ3v) is 5.86. The summed E-state index contributed by atoms with van der Waals surface area (Å²) in [7, 11) is 0. The van der Waals surface area contributed by atoms with Crippen molar-refractivity contribution in [3.63, 3.8) is 0 Å². The molecule has 2 bridgehead atoms. The molecule has 1 heterocycles. The lowest BCUT2D eigenvalue weighted by Gasteiger charge is -2.29. The molecule has 4 heteroatoms. The SMILES string of the molecule is CCCCCC(C)=CC[C@@H]1[C@@H](CCCCCCC(=O)O)[C@H]2C[C@H]1OO2. The Labute approximate surface area is 152 Å². The van der Waals surface area contributed by atoms with E-state index >= 15 is 0 Å². The predicted octanol–water partition coefficient (Wildman–Crippen LogP) is 5.66. The molecule has 4 nitrogen and oxygen atoms in total. The lowest BCUT2D eigenvalue weighted by Crippen LogP contribution is -2.30. The molecule has 0 unspecified atom stereocenters. The van der Waals surface area contributed by atoms with Crippen LogP contribution in [-0.4, -0.2) is 23.3 Å². The summed E-state index contributed by atoms with van der Waals surface area (Å²) < 4.78 is 0. The van der Waals surface area contributed by atoms with Crippen LogP contribution in [0.5, 0.6) is 0 Å². The summed E-state index contributed by atoms with van der Waals surface area (Å²) in [4.78, 5) is 21.5. The van der Waals surface area contributed by atoms with E-state index in [-0.39, 0.29) is 12.2 Å². The number of aliphatic carboxylic acids is 1. The molecule has 1 aliphatic heterocycles. The maximum atomic E-state index is 10.5. The molecule has 144 valence electrons. The predicted molar refractivity (Wildman–Crippen MR) is 99.2 cm³/mol. The number of rotatable bonds is 13. The fourth-order valence-electron chi connectivity index (χ4n) is 4.32. The van der Waals surface area contributed by atoms with Crippen molar-refractivity contribution < 1.29 is 19.7 Å². The van der Waals surface area contributed by atoms with Crippen molar-refractivity contribution in [2.45, 2.75) is 103 Å². The van der Waals surface area contributed by atoms with E-state index in [0.717, 1.165) is 32.1 Å². The van der Waals surface area contributed by atoms with Gasteiger partial charge in [0.1, 0.15) is 0 Å². The van der Waals surface area contributed by atoms with Gasteiger partial charge >= 0.3 is 5.97 Å². The van der Waals surface area contributed by atoms with Gasteiger partial charge in [0.05, 0.1) is 12.2 Å². The summed E-state index contributed by atoms with van der Waals surface area (Å²) in [5.74, 6) is 0.525. The molecule has 2 rings (SSSR count). The van der Waals surface area contributed by atoms with Gasteiger partial charge < -0.3 is 5.11 Å². The molecule has 1 N–H and O–H groups in total. The second-order valence-corrected chi connectivity index (χ2v) is 7.92. The number of carboxylic acid groups (broad SMARTS) is 1. The van der Waals surface area contributed by atoms with Crippen molar-refractivity contribution in [2.75, 3.05) is 0 Å². The molecule has 0 aromatic carbocycles. The average Bonchev–Trinajstić information content (AvgIpc) is 3.17. The Morgan fingerprint density at radius 1 is 1.00 bits per heavy atom. The van der Waals surface area contributed by atoms with Crippen molar-refractivity contribution >= 4 is 5.97 Å². The second kappa shape index (κ2) is 11.0. The zero-order valence-electron chi connectivity index (χ0n) is 16.0. The van der Waals surface area contributed by atoms with Crippen LogP contribution in [0, 0.1) is 11.8 Å². The zero-order valence-corrected chi connectivity index (χ0v) is 16.0. The highest BCUT2D eigenvalue weighted by Crippen LogP contribution is 2.46. The molecule has 0 spiro atoms. The van der Waals surface area contributed by atoms with Crippen LogP contribution in [0.25, 0.3) is 0 Å². The Hall–Kier alpha value is -0.870. The second-order valence-electron chi connectivity index (χ2n) is 7.92. The van der Waals surface area contributed by atoms with E-state index in [1.807, 2.05) is 0 Å². The quantitative estimate of drug-likeness (QED) is 0.264. The molecule has 25 heavy (non-hydrogen) atoms. The minimum Gasteiger partial charge on any atom is -0.481 e.